The van der Waals surface area contributed by atoms with Crippen LogP contribution in [0.15, 0.2) is 0 Å². The van der Waals surface area contributed by atoms with Crippen LogP contribution in [0.1, 0.15) is 0 Å². The van der Waals surface area contributed by atoms with Crippen LogP contribution in [0.5, 0.6) is 0 Å². The molecular weight excluding hydrogens is 201 g/mol. The zero-order valence-electron chi connectivity index (χ0n) is 1.88. The van der Waals surface area contributed by atoms with Crippen LogP contribution in [0.3, 0.4) is 0 Å². The maximum absolute atomic E-state index is 6.50. The summed E-state index contributed by atoms with van der Waals surface area (Å²) in [6.07, 6.45) is 0. The number of hydrogen-bond donors (Lipinski definition) is 3. The van der Waals surface area contributed by atoms with Gasteiger partial charge in [-0.15, -0.1) is 0 Å². The van der Waals surface area contributed by atoms with Crippen LogP contribution in [-0.2, 0) is 0 Å². The molecule has 0 aromatic heterocycles. The van der Waals surface area contributed by atoms with Crippen LogP contribution in [0.4, 0.5) is 0 Å². The Hall–Kier alpha value is 1.04. The molecule has 0 aliphatic heterocycles. The molecule has 0 saturated heterocycles. The summed E-state index contributed by atoms with van der Waals surface area (Å²) >= 11 is 1.11. The predicted octanol–water partition coefficient (Wildman–Crippen LogP) is -0.368. The van der Waals surface area contributed by atoms with Gasteiger partial charge in [0, 0.05) is 0 Å². The molecule has 0 amide bonds. The zero-order valence-corrected chi connectivity index (χ0v) is 4.15. The average molecular weight is 205 g/mol. The topological polar surface area (TPSA) is 70.1 Å². The molecule has 0 aliphatic rings. The molecule has 0 bridgehead atoms. The first-order valence-electron chi connectivity index (χ1n) is 0.435. The van der Waals surface area contributed by atoms with E-state index in [1.807, 2.05) is 0 Å². The Morgan fingerprint density at radius 2 is 1.50 bits per heavy atom. The van der Waals surface area contributed by atoms with Crippen molar-refractivity contribution in [3.8, 4) is 0 Å². The fraction of sp³-hybridized carbons (Fsp3) is 0. The fourth-order valence-corrected chi connectivity index (χ4v) is 0. The molecule has 0 aromatic rings. The SMILES string of the molecule is NO.[NH]=[Gd]. The van der Waals surface area contributed by atoms with Gasteiger partial charge in [0.1, 0.15) is 0 Å². The van der Waals surface area contributed by atoms with Crippen LogP contribution in [0.2, 0.25) is 0 Å². The van der Waals surface area contributed by atoms with Crippen molar-refractivity contribution in [3.05, 3.63) is 0 Å². The summed E-state index contributed by atoms with van der Waals surface area (Å²) in [7, 11) is 0. The monoisotopic (exact) mass is 206 g/mol. The van der Waals surface area contributed by atoms with Crippen molar-refractivity contribution in [2.24, 2.45) is 5.90 Å². The molecule has 3 nitrogen and oxygen atoms in total. The molecular formula is H4GdN2O. The van der Waals surface area contributed by atoms with Gasteiger partial charge in [-0.25, -0.2) is 5.90 Å². The van der Waals surface area contributed by atoms with E-state index in [4.69, 9.17) is 6.74 Å². The van der Waals surface area contributed by atoms with Gasteiger partial charge in [-0.05, 0) is 0 Å². The molecule has 0 aliphatic carbocycles. The van der Waals surface area contributed by atoms with Crippen LogP contribution < -0.4 is 5.90 Å². The Balaban J connectivity index is 0. The van der Waals surface area contributed by atoms with Crippen molar-refractivity contribution in [2.45, 2.75) is 0 Å². The molecule has 4 heteroatoms. The van der Waals surface area contributed by atoms with Gasteiger partial charge in [-0.1, -0.05) is 0 Å². The van der Waals surface area contributed by atoms with Crippen molar-refractivity contribution in [3.63, 3.8) is 0 Å². The zero-order chi connectivity index (χ0) is 4.00. The van der Waals surface area contributed by atoms with Crippen LogP contribution in [0, 0.1) is 39.3 Å². The Morgan fingerprint density at radius 3 is 1.50 bits per heavy atom. The van der Waals surface area contributed by atoms with Crippen LogP contribution >= 0.6 is 0 Å². The predicted molar refractivity (Wildman–Crippen MR) is 8.69 cm³/mol. The van der Waals surface area contributed by atoms with E-state index in [0.717, 1.165) is 37.8 Å². The van der Waals surface area contributed by atoms with Gasteiger partial charge in [0.25, 0.3) is 0 Å². The van der Waals surface area contributed by atoms with E-state index >= 15 is 0 Å². The molecule has 0 rings (SSSR count). The maximum atomic E-state index is 6.50. The van der Waals surface area contributed by atoms with Crippen molar-refractivity contribution in [1.29, 1.82) is 1.53 Å². The summed E-state index contributed by atoms with van der Waals surface area (Å²) in [5.41, 5.74) is 0. The van der Waals surface area contributed by atoms with E-state index in [1.165, 1.54) is 0 Å². The number of hydrogen-bond acceptors (Lipinski definition) is 3. The Morgan fingerprint density at radius 1 is 1.50 bits per heavy atom. The van der Waals surface area contributed by atoms with E-state index < -0.39 is 0 Å². The van der Waals surface area contributed by atoms with Crippen LogP contribution in [0.25, 0.3) is 0 Å². The van der Waals surface area contributed by atoms with Crippen molar-refractivity contribution >= 4 is 0 Å². The number of nitrogens with one attached hydrogen (secondary N) is 1. The molecule has 0 fully saturated rings. The molecule has 0 saturated carbocycles. The molecule has 0 aromatic carbocycles. The van der Waals surface area contributed by atoms with Crippen molar-refractivity contribution in [2.75, 3.05) is 0 Å². The minimum absolute atomic E-state index is 1.11. The molecule has 4 N–H and O–H groups in total. The van der Waals surface area contributed by atoms with E-state index in [2.05, 4.69) is 5.90 Å². The Labute approximate surface area is 50.0 Å². The summed E-state index contributed by atoms with van der Waals surface area (Å²) < 4.78 is 5.78. The molecule has 0 unspecified atom stereocenters. The first kappa shape index (κ1) is 8.90. The molecule has 28 valence electrons. The second kappa shape index (κ2) is 34.4. The van der Waals surface area contributed by atoms with Gasteiger partial charge in [0.2, 0.25) is 0 Å². The first-order chi connectivity index (χ1) is 2.00. The summed E-state index contributed by atoms with van der Waals surface area (Å²) in [5.74, 6) is 3.50. The summed E-state index contributed by atoms with van der Waals surface area (Å²) in [6, 6.07) is 0. The van der Waals surface area contributed by atoms with E-state index in [9.17, 15) is 0 Å². The van der Waals surface area contributed by atoms with Gasteiger partial charge < -0.3 is 5.21 Å². The Kier molecular flexibility index (Phi) is 76.5. The second-order valence-electron chi connectivity index (χ2n) is 0. The summed E-state index contributed by atoms with van der Waals surface area (Å²) in [5, 5.41) is 6.50. The van der Waals surface area contributed by atoms with Gasteiger partial charge in [-0.3, -0.25) is 0 Å². The van der Waals surface area contributed by atoms with Crippen LogP contribution in [-0.4, -0.2) is 5.21 Å². The van der Waals surface area contributed by atoms with E-state index in [-0.39, 0.29) is 0 Å². The summed E-state index contributed by atoms with van der Waals surface area (Å²) in [4.78, 5) is 0. The number of rotatable bonds is 0. The molecule has 0 heterocycles. The van der Waals surface area contributed by atoms with Gasteiger partial charge >= 0.3 is 39.3 Å². The normalized spacial score (nSPS) is 2.75. The van der Waals surface area contributed by atoms with Gasteiger partial charge in [-0.2, -0.15) is 0 Å². The molecule has 0 radical (unpaired) electrons. The van der Waals surface area contributed by atoms with Gasteiger partial charge in [0.15, 0.2) is 0 Å². The molecule has 4 heavy (non-hydrogen) atoms. The third-order valence-corrected chi connectivity index (χ3v) is 0. The van der Waals surface area contributed by atoms with Gasteiger partial charge in [0.05, 0.1) is 0 Å². The minimum atomic E-state index is 1.11. The van der Waals surface area contributed by atoms with E-state index in [0.29, 0.717) is 0 Å². The second-order valence-corrected chi connectivity index (χ2v) is 0. The number of nitrogens with two attached hydrogens (primary N) is 1. The molecule has 0 atom stereocenters. The quantitative estimate of drug-likeness (QED) is 0.472. The third-order valence-electron chi connectivity index (χ3n) is 0. The average Bonchev–Trinajstić information content (AvgIpc) is 1.50. The summed E-state index contributed by atoms with van der Waals surface area (Å²) in [6.45, 7) is 0. The molecule has 0 spiro atoms. The first-order valence-corrected chi connectivity index (χ1v) is 1.57. The van der Waals surface area contributed by atoms with Crippen molar-refractivity contribution in [1.82, 2.24) is 0 Å². The third kappa shape index (κ3) is 11.7. The standard InChI is InChI=1S/Gd.H3NO.HN/c;1-2;/h;2H,1H2;1H. The fourth-order valence-electron chi connectivity index (χ4n) is 0. The van der Waals surface area contributed by atoms with E-state index in [1.54, 1.807) is 0 Å². The Bertz CT molecular complexity index is 6.00. The van der Waals surface area contributed by atoms with Crippen molar-refractivity contribution < 1.29 is 43.0 Å².